The maximum absolute atomic E-state index is 10.8. The molecule has 13 heavy (non-hydrogen) atoms. The molecule has 2 heteroatoms. The van der Waals surface area contributed by atoms with E-state index in [4.69, 9.17) is 0 Å². The van der Waals surface area contributed by atoms with Crippen LogP contribution in [-0.4, -0.2) is 11.9 Å². The first kappa shape index (κ1) is 12.5. The highest BCUT2D eigenvalue weighted by molar-refractivity contribution is 5.73. The number of rotatable bonds is 6. The predicted octanol–water partition coefficient (Wildman–Crippen LogP) is 2.73. The molecule has 1 N–H and O–H groups in total. The van der Waals surface area contributed by atoms with E-state index >= 15 is 0 Å². The fraction of sp³-hybridized carbons (Fsp3) is 0.909. The van der Waals surface area contributed by atoms with Crippen molar-refractivity contribution in [3.8, 4) is 0 Å². The van der Waals surface area contributed by atoms with Crippen LogP contribution in [0.15, 0.2) is 0 Å². The second-order valence-electron chi connectivity index (χ2n) is 3.90. The van der Waals surface area contributed by atoms with Gasteiger partial charge in [-0.05, 0) is 25.2 Å². The second-order valence-corrected chi connectivity index (χ2v) is 3.90. The molecule has 0 fully saturated rings. The van der Waals surface area contributed by atoms with E-state index in [9.17, 15) is 4.79 Å². The minimum absolute atomic E-state index is 0.0935. The van der Waals surface area contributed by atoms with Gasteiger partial charge < -0.3 is 5.32 Å². The van der Waals surface area contributed by atoms with Crippen molar-refractivity contribution in [2.45, 2.75) is 59.4 Å². The third-order valence-electron chi connectivity index (χ3n) is 2.61. The average Bonchev–Trinajstić information content (AvgIpc) is 2.10. The van der Waals surface area contributed by atoms with Gasteiger partial charge >= 0.3 is 0 Å². The fourth-order valence-electron chi connectivity index (χ4n) is 1.36. The molecule has 0 aromatic rings. The molecule has 78 valence electrons. The topological polar surface area (TPSA) is 29.1 Å². The Morgan fingerprint density at radius 1 is 1.23 bits per heavy atom. The van der Waals surface area contributed by atoms with Crippen molar-refractivity contribution >= 4 is 5.91 Å². The highest BCUT2D eigenvalue weighted by atomic mass is 16.1. The summed E-state index contributed by atoms with van der Waals surface area (Å²) >= 11 is 0. The second kappa shape index (κ2) is 6.93. The van der Waals surface area contributed by atoms with E-state index in [2.05, 4.69) is 26.1 Å². The van der Waals surface area contributed by atoms with Crippen LogP contribution in [0.5, 0.6) is 0 Å². The first-order valence-corrected chi connectivity index (χ1v) is 5.37. The van der Waals surface area contributed by atoms with E-state index in [1.165, 1.54) is 12.8 Å². The lowest BCUT2D eigenvalue weighted by molar-refractivity contribution is -0.119. The predicted molar refractivity (Wildman–Crippen MR) is 56.6 cm³/mol. The number of hydrogen-bond acceptors (Lipinski definition) is 1. The maximum Gasteiger partial charge on any atom is 0.217 e. The van der Waals surface area contributed by atoms with Crippen LogP contribution < -0.4 is 5.32 Å². The third kappa shape index (κ3) is 6.62. The van der Waals surface area contributed by atoms with Gasteiger partial charge in [0.05, 0.1) is 0 Å². The molecule has 2 unspecified atom stereocenters. The Kier molecular flexibility index (Phi) is 6.65. The van der Waals surface area contributed by atoms with Crippen molar-refractivity contribution in [1.82, 2.24) is 5.32 Å². The number of nitrogens with one attached hydrogen (secondary N) is 1. The Hall–Kier alpha value is -0.530. The van der Waals surface area contributed by atoms with Crippen LogP contribution >= 0.6 is 0 Å². The molecule has 0 saturated heterocycles. The van der Waals surface area contributed by atoms with Crippen LogP contribution in [0.3, 0.4) is 0 Å². The van der Waals surface area contributed by atoms with E-state index in [0.29, 0.717) is 6.04 Å². The summed E-state index contributed by atoms with van der Waals surface area (Å²) in [5.74, 6) is 0.874. The molecule has 0 aromatic carbocycles. The summed E-state index contributed by atoms with van der Waals surface area (Å²) in [5, 5.41) is 2.97. The Bertz CT molecular complexity index is 145. The van der Waals surface area contributed by atoms with Gasteiger partial charge in [-0.1, -0.05) is 27.2 Å². The van der Waals surface area contributed by atoms with Gasteiger partial charge in [-0.15, -0.1) is 0 Å². The first-order chi connectivity index (χ1) is 6.10. The molecule has 0 aromatic heterocycles. The van der Waals surface area contributed by atoms with Crippen LogP contribution in [0, 0.1) is 5.92 Å². The van der Waals surface area contributed by atoms with Gasteiger partial charge in [-0.2, -0.15) is 0 Å². The van der Waals surface area contributed by atoms with Gasteiger partial charge in [0.15, 0.2) is 0 Å². The normalized spacial score (nSPS) is 15.1. The van der Waals surface area contributed by atoms with E-state index in [0.717, 1.165) is 18.8 Å². The molecule has 0 rings (SSSR count). The lowest BCUT2D eigenvalue weighted by Gasteiger charge is -2.17. The van der Waals surface area contributed by atoms with E-state index < -0.39 is 0 Å². The van der Waals surface area contributed by atoms with Gasteiger partial charge in [0.1, 0.15) is 0 Å². The lowest BCUT2D eigenvalue weighted by Crippen LogP contribution is -2.32. The molecular weight excluding hydrogens is 162 g/mol. The fourth-order valence-corrected chi connectivity index (χ4v) is 1.36. The quantitative estimate of drug-likeness (QED) is 0.677. The molecule has 1 amide bonds. The summed E-state index contributed by atoms with van der Waals surface area (Å²) in [4.78, 5) is 10.8. The van der Waals surface area contributed by atoms with Crippen LogP contribution in [0.2, 0.25) is 0 Å². The van der Waals surface area contributed by atoms with Crippen molar-refractivity contribution < 1.29 is 4.79 Å². The number of amides is 1. The smallest absolute Gasteiger partial charge is 0.217 e. The highest BCUT2D eigenvalue weighted by Crippen LogP contribution is 2.12. The maximum atomic E-state index is 10.8. The van der Waals surface area contributed by atoms with Crippen LogP contribution in [-0.2, 0) is 4.79 Å². The minimum Gasteiger partial charge on any atom is -0.354 e. The number of carbonyl (C=O) groups is 1. The Morgan fingerprint density at radius 3 is 2.23 bits per heavy atom. The third-order valence-corrected chi connectivity index (χ3v) is 2.61. The molecule has 0 radical (unpaired) electrons. The molecule has 0 bridgehead atoms. The standard InChI is InChI=1S/C11H23NO/c1-5-9(3)7-8-11(6-2)12-10(4)13/h9,11H,5-8H2,1-4H3,(H,12,13). The minimum atomic E-state index is 0.0935. The first-order valence-electron chi connectivity index (χ1n) is 5.37. The molecule has 2 nitrogen and oxygen atoms in total. The van der Waals surface area contributed by atoms with Crippen molar-refractivity contribution in [2.75, 3.05) is 0 Å². The molecule has 2 atom stereocenters. The van der Waals surface area contributed by atoms with Gasteiger partial charge in [0.2, 0.25) is 5.91 Å². The van der Waals surface area contributed by atoms with Crippen molar-refractivity contribution in [1.29, 1.82) is 0 Å². The summed E-state index contributed by atoms with van der Waals surface area (Å²) in [6.45, 7) is 8.19. The van der Waals surface area contributed by atoms with Crippen LogP contribution in [0.4, 0.5) is 0 Å². The SMILES string of the molecule is CCC(C)CCC(CC)NC(C)=O. The largest absolute Gasteiger partial charge is 0.354 e. The van der Waals surface area contributed by atoms with E-state index in [-0.39, 0.29) is 5.91 Å². The zero-order valence-corrected chi connectivity index (χ0v) is 9.39. The Morgan fingerprint density at radius 2 is 1.85 bits per heavy atom. The monoisotopic (exact) mass is 185 g/mol. The molecule has 0 aliphatic rings. The van der Waals surface area contributed by atoms with Crippen molar-refractivity contribution in [2.24, 2.45) is 5.92 Å². The van der Waals surface area contributed by atoms with Gasteiger partial charge in [-0.25, -0.2) is 0 Å². The molecule has 0 heterocycles. The Balaban J connectivity index is 3.65. The summed E-state index contributed by atoms with van der Waals surface area (Å²) in [5.41, 5.74) is 0. The van der Waals surface area contributed by atoms with Crippen molar-refractivity contribution in [3.63, 3.8) is 0 Å². The van der Waals surface area contributed by atoms with Gasteiger partial charge in [0, 0.05) is 13.0 Å². The van der Waals surface area contributed by atoms with Crippen LogP contribution in [0.25, 0.3) is 0 Å². The number of carbonyl (C=O) groups excluding carboxylic acids is 1. The Labute approximate surface area is 82.1 Å². The van der Waals surface area contributed by atoms with Gasteiger partial charge in [-0.3, -0.25) is 4.79 Å². The zero-order valence-electron chi connectivity index (χ0n) is 9.39. The summed E-state index contributed by atoms with van der Waals surface area (Å²) in [7, 11) is 0. The van der Waals surface area contributed by atoms with E-state index in [1.807, 2.05) is 0 Å². The summed E-state index contributed by atoms with van der Waals surface area (Å²) in [6, 6.07) is 0.381. The summed E-state index contributed by atoms with van der Waals surface area (Å²) < 4.78 is 0. The molecule has 0 aliphatic heterocycles. The number of hydrogen-bond donors (Lipinski definition) is 1. The lowest BCUT2D eigenvalue weighted by atomic mass is 9.98. The molecular formula is C11H23NO. The molecule has 0 saturated carbocycles. The molecule has 0 spiro atoms. The van der Waals surface area contributed by atoms with E-state index in [1.54, 1.807) is 6.92 Å². The van der Waals surface area contributed by atoms with Gasteiger partial charge in [0.25, 0.3) is 0 Å². The van der Waals surface area contributed by atoms with Crippen molar-refractivity contribution in [3.05, 3.63) is 0 Å². The van der Waals surface area contributed by atoms with Crippen LogP contribution in [0.1, 0.15) is 53.4 Å². The zero-order chi connectivity index (χ0) is 10.3. The highest BCUT2D eigenvalue weighted by Gasteiger charge is 2.08. The molecule has 0 aliphatic carbocycles. The summed E-state index contributed by atoms with van der Waals surface area (Å²) in [6.07, 6.45) is 4.60. The average molecular weight is 185 g/mol.